The summed E-state index contributed by atoms with van der Waals surface area (Å²) in [4.78, 5) is 2.45. The van der Waals surface area contributed by atoms with Crippen molar-refractivity contribution in [2.75, 3.05) is 36.5 Å². The molecule has 0 radical (unpaired) electrons. The first kappa shape index (κ1) is 18.5. The van der Waals surface area contributed by atoms with Crippen LogP contribution in [0.2, 0.25) is 0 Å². The van der Waals surface area contributed by atoms with Gasteiger partial charge < -0.3 is 20.7 Å². The second kappa shape index (κ2) is 8.89. The molecule has 2 aromatic rings. The summed E-state index contributed by atoms with van der Waals surface area (Å²) in [6.07, 6.45) is 4.79. The van der Waals surface area contributed by atoms with Crippen LogP contribution in [0.5, 0.6) is 5.75 Å². The van der Waals surface area contributed by atoms with Crippen LogP contribution in [0.3, 0.4) is 0 Å². The molecule has 0 bridgehead atoms. The van der Waals surface area contributed by atoms with Crippen LogP contribution in [0.15, 0.2) is 24.3 Å². The Morgan fingerprint density at radius 2 is 2.04 bits per heavy atom. The number of ether oxygens (including phenoxy) is 1. The van der Waals surface area contributed by atoms with Gasteiger partial charge in [-0.1, -0.05) is 6.07 Å². The molecule has 1 atom stereocenters. The van der Waals surface area contributed by atoms with Crippen LogP contribution in [0.1, 0.15) is 44.5 Å². The lowest BCUT2D eigenvalue weighted by Gasteiger charge is -2.29. The van der Waals surface area contributed by atoms with Gasteiger partial charge in [0.2, 0.25) is 5.95 Å². The molecule has 0 aliphatic carbocycles. The third kappa shape index (κ3) is 4.66. The monoisotopic (exact) mass is 358 g/mol. The highest BCUT2D eigenvalue weighted by Gasteiger charge is 2.12. The van der Waals surface area contributed by atoms with Gasteiger partial charge in [-0.15, -0.1) is 10.2 Å². The molecule has 0 spiro atoms. The van der Waals surface area contributed by atoms with Crippen molar-refractivity contribution in [3.8, 4) is 5.75 Å². The molecule has 7 heteroatoms. The Hall–Kier alpha value is -2.28. The van der Waals surface area contributed by atoms with Crippen molar-refractivity contribution >= 4 is 11.6 Å². The van der Waals surface area contributed by atoms with E-state index in [-0.39, 0.29) is 6.04 Å². The van der Waals surface area contributed by atoms with Crippen LogP contribution in [0, 0.1) is 0 Å². The van der Waals surface area contributed by atoms with Crippen molar-refractivity contribution < 1.29 is 4.74 Å². The molecule has 1 aromatic heterocycles. The maximum atomic E-state index is 5.92. The van der Waals surface area contributed by atoms with Crippen molar-refractivity contribution in [2.45, 2.75) is 38.6 Å². The van der Waals surface area contributed by atoms with Crippen LogP contribution in [0.4, 0.5) is 11.6 Å². The minimum atomic E-state index is -0.126. The van der Waals surface area contributed by atoms with E-state index in [0.29, 0.717) is 6.61 Å². The fourth-order valence-corrected chi connectivity index (χ4v) is 3.28. The summed E-state index contributed by atoms with van der Waals surface area (Å²) in [5.74, 6) is 2.45. The van der Waals surface area contributed by atoms with Gasteiger partial charge in [-0.25, -0.2) is 0 Å². The lowest BCUT2D eigenvalue weighted by molar-refractivity contribution is 0.315. The molecule has 1 unspecified atom stereocenters. The number of piperidine rings is 1. The Morgan fingerprint density at radius 1 is 1.23 bits per heavy atom. The minimum absolute atomic E-state index is 0.126. The molecule has 142 valence electrons. The van der Waals surface area contributed by atoms with Crippen LogP contribution in [-0.2, 0) is 7.05 Å². The molecular weight excluding hydrogens is 328 g/mol. The second-order valence-corrected chi connectivity index (χ2v) is 6.90. The number of rotatable bonds is 8. The van der Waals surface area contributed by atoms with Gasteiger partial charge >= 0.3 is 0 Å². The molecule has 2 heterocycles. The van der Waals surface area contributed by atoms with Gasteiger partial charge in [0.1, 0.15) is 5.75 Å². The number of nitrogens with zero attached hydrogens (tertiary/aromatic N) is 4. The Labute approximate surface area is 155 Å². The lowest BCUT2D eigenvalue weighted by atomic mass is 10.1. The number of nitrogens with two attached hydrogens (primary N) is 1. The fraction of sp³-hybridized carbons (Fsp3) is 0.579. The van der Waals surface area contributed by atoms with Crippen molar-refractivity contribution in [3.63, 3.8) is 0 Å². The Morgan fingerprint density at radius 3 is 2.77 bits per heavy atom. The number of aromatic nitrogens is 3. The van der Waals surface area contributed by atoms with Crippen LogP contribution in [0.25, 0.3) is 0 Å². The van der Waals surface area contributed by atoms with Gasteiger partial charge in [-0.3, -0.25) is 4.57 Å². The van der Waals surface area contributed by atoms with Gasteiger partial charge in [-0.05, 0) is 44.7 Å². The van der Waals surface area contributed by atoms with E-state index in [1.165, 1.54) is 24.9 Å². The first-order valence-electron chi connectivity index (χ1n) is 9.51. The van der Waals surface area contributed by atoms with Crippen molar-refractivity contribution in [3.05, 3.63) is 30.1 Å². The molecule has 7 nitrogen and oxygen atoms in total. The average molecular weight is 358 g/mol. The number of hydrogen-bond donors (Lipinski definition) is 2. The second-order valence-electron chi connectivity index (χ2n) is 6.90. The minimum Gasteiger partial charge on any atom is -0.493 e. The summed E-state index contributed by atoms with van der Waals surface area (Å²) in [5.41, 5.74) is 7.13. The van der Waals surface area contributed by atoms with Crippen molar-refractivity contribution in [1.29, 1.82) is 0 Å². The molecule has 1 fully saturated rings. The fourth-order valence-electron chi connectivity index (χ4n) is 3.28. The molecule has 1 aliphatic heterocycles. The molecule has 3 N–H and O–H groups in total. The quantitative estimate of drug-likeness (QED) is 0.706. The Kier molecular flexibility index (Phi) is 6.33. The van der Waals surface area contributed by atoms with E-state index in [4.69, 9.17) is 10.5 Å². The highest BCUT2D eigenvalue weighted by atomic mass is 16.5. The van der Waals surface area contributed by atoms with E-state index in [0.717, 1.165) is 43.6 Å². The zero-order valence-electron chi connectivity index (χ0n) is 15.8. The first-order valence-corrected chi connectivity index (χ1v) is 9.51. The standard InChI is InChI=1S/C19H30N6O/c1-15(20)18-22-23-19(24(18)2)21-10-7-13-26-17-9-6-8-16(14-17)25-11-4-3-5-12-25/h6,8-9,14-15H,3-5,7,10-13,20H2,1-2H3,(H,21,23). The van der Waals surface area contributed by atoms with Crippen LogP contribution in [-0.4, -0.2) is 41.0 Å². The van der Waals surface area contributed by atoms with Crippen molar-refractivity contribution in [2.24, 2.45) is 12.8 Å². The third-order valence-corrected chi connectivity index (χ3v) is 4.73. The Bertz CT molecular complexity index is 693. The molecule has 1 aliphatic rings. The highest BCUT2D eigenvalue weighted by molar-refractivity contribution is 5.50. The van der Waals surface area contributed by atoms with Gasteiger partial charge in [0.15, 0.2) is 5.82 Å². The highest BCUT2D eigenvalue weighted by Crippen LogP contribution is 2.24. The van der Waals surface area contributed by atoms with E-state index in [9.17, 15) is 0 Å². The normalized spacial score (nSPS) is 15.7. The number of benzene rings is 1. The van der Waals surface area contributed by atoms with E-state index >= 15 is 0 Å². The molecule has 26 heavy (non-hydrogen) atoms. The maximum absolute atomic E-state index is 5.92. The van der Waals surface area contributed by atoms with E-state index in [1.807, 2.05) is 24.6 Å². The van der Waals surface area contributed by atoms with Gasteiger partial charge in [0.05, 0.1) is 12.6 Å². The summed E-state index contributed by atoms with van der Waals surface area (Å²) < 4.78 is 7.82. The predicted octanol–water partition coefficient (Wildman–Crippen LogP) is 2.71. The molecule has 0 amide bonds. The smallest absolute Gasteiger partial charge is 0.224 e. The van der Waals surface area contributed by atoms with E-state index in [1.54, 1.807) is 0 Å². The zero-order valence-corrected chi connectivity index (χ0v) is 15.8. The van der Waals surface area contributed by atoms with Crippen LogP contribution < -0.4 is 20.7 Å². The molecule has 1 aromatic carbocycles. The van der Waals surface area contributed by atoms with Gasteiger partial charge in [0.25, 0.3) is 0 Å². The predicted molar refractivity (Wildman–Crippen MR) is 105 cm³/mol. The Balaban J connectivity index is 1.42. The molecule has 1 saturated heterocycles. The summed E-state index contributed by atoms with van der Waals surface area (Å²) in [5, 5.41) is 11.5. The summed E-state index contributed by atoms with van der Waals surface area (Å²) in [6.45, 7) is 5.63. The summed E-state index contributed by atoms with van der Waals surface area (Å²) in [7, 11) is 1.92. The van der Waals surface area contributed by atoms with Crippen LogP contribution >= 0.6 is 0 Å². The first-order chi connectivity index (χ1) is 12.6. The topological polar surface area (TPSA) is 81.2 Å². The van der Waals surface area contributed by atoms with Crippen molar-refractivity contribution in [1.82, 2.24) is 14.8 Å². The maximum Gasteiger partial charge on any atom is 0.224 e. The summed E-state index contributed by atoms with van der Waals surface area (Å²) in [6, 6.07) is 8.30. The van der Waals surface area contributed by atoms with E-state index < -0.39 is 0 Å². The molecule has 3 rings (SSSR count). The molecule has 0 saturated carbocycles. The van der Waals surface area contributed by atoms with Gasteiger partial charge in [0, 0.05) is 38.4 Å². The zero-order chi connectivity index (χ0) is 18.4. The average Bonchev–Trinajstić information content (AvgIpc) is 3.03. The number of hydrogen-bond acceptors (Lipinski definition) is 6. The lowest BCUT2D eigenvalue weighted by Crippen LogP contribution is -2.29. The third-order valence-electron chi connectivity index (χ3n) is 4.73. The number of nitrogens with one attached hydrogen (secondary N) is 1. The largest absolute Gasteiger partial charge is 0.493 e. The van der Waals surface area contributed by atoms with Gasteiger partial charge in [-0.2, -0.15) is 0 Å². The SMILES string of the molecule is CC(N)c1nnc(NCCCOc2cccc(N3CCCCC3)c2)n1C. The molecular formula is C19H30N6O. The number of anilines is 2. The summed E-state index contributed by atoms with van der Waals surface area (Å²) >= 11 is 0. The van der Waals surface area contributed by atoms with E-state index in [2.05, 4.69) is 38.6 Å².